The van der Waals surface area contributed by atoms with Crippen LogP contribution in [-0.4, -0.2) is 35.0 Å². The van der Waals surface area contributed by atoms with Crippen molar-refractivity contribution >= 4 is 11.9 Å². The number of hydrogen-bond donors (Lipinski definition) is 1. The standard InChI is InChI=1S/C13H23NO3/c1-4-9(2)14(3)12(15)10-7-5-6-8-11(10)13(16)17/h9-11H,4-8H2,1-3H3,(H,16,17)/t9?,10-,11+/m1/s1. The molecule has 0 aliphatic heterocycles. The molecule has 3 atom stereocenters. The van der Waals surface area contributed by atoms with Gasteiger partial charge in [-0.25, -0.2) is 0 Å². The maximum atomic E-state index is 12.3. The number of carboxylic acids is 1. The summed E-state index contributed by atoms with van der Waals surface area (Å²) >= 11 is 0. The van der Waals surface area contributed by atoms with E-state index in [1.54, 1.807) is 11.9 Å². The lowest BCUT2D eigenvalue weighted by Crippen LogP contribution is -2.44. The fourth-order valence-corrected chi connectivity index (χ4v) is 2.47. The summed E-state index contributed by atoms with van der Waals surface area (Å²) < 4.78 is 0. The molecule has 1 amide bonds. The second-order valence-corrected chi connectivity index (χ2v) is 5.04. The predicted octanol–water partition coefficient (Wildman–Crippen LogP) is 2.13. The third-order valence-electron chi connectivity index (χ3n) is 4.00. The van der Waals surface area contributed by atoms with E-state index in [-0.39, 0.29) is 17.9 Å². The molecule has 1 fully saturated rings. The number of carbonyl (C=O) groups is 2. The second kappa shape index (κ2) is 6.03. The molecule has 0 spiro atoms. The number of carbonyl (C=O) groups excluding carboxylic acids is 1. The van der Waals surface area contributed by atoms with Crippen LogP contribution in [0.1, 0.15) is 46.0 Å². The molecule has 0 saturated heterocycles. The highest BCUT2D eigenvalue weighted by atomic mass is 16.4. The fraction of sp³-hybridized carbons (Fsp3) is 0.846. The van der Waals surface area contributed by atoms with Gasteiger partial charge in [0.05, 0.1) is 11.8 Å². The molecule has 1 aliphatic rings. The van der Waals surface area contributed by atoms with Gasteiger partial charge in [-0.05, 0) is 26.2 Å². The van der Waals surface area contributed by atoms with Gasteiger partial charge >= 0.3 is 5.97 Å². The van der Waals surface area contributed by atoms with Crippen LogP contribution in [0.5, 0.6) is 0 Å². The first-order valence-corrected chi connectivity index (χ1v) is 6.48. The van der Waals surface area contributed by atoms with Crippen LogP contribution >= 0.6 is 0 Å². The van der Waals surface area contributed by atoms with Gasteiger partial charge in [-0.1, -0.05) is 19.8 Å². The topological polar surface area (TPSA) is 57.6 Å². The maximum absolute atomic E-state index is 12.3. The van der Waals surface area contributed by atoms with Gasteiger partial charge in [0, 0.05) is 13.1 Å². The Morgan fingerprint density at radius 3 is 2.29 bits per heavy atom. The van der Waals surface area contributed by atoms with Crippen molar-refractivity contribution in [1.82, 2.24) is 4.90 Å². The number of hydrogen-bond acceptors (Lipinski definition) is 2. The summed E-state index contributed by atoms with van der Waals surface area (Å²) in [5.41, 5.74) is 0. The molecular formula is C13H23NO3. The summed E-state index contributed by atoms with van der Waals surface area (Å²) in [7, 11) is 1.78. The molecule has 0 aromatic carbocycles. The first-order valence-electron chi connectivity index (χ1n) is 6.48. The minimum absolute atomic E-state index is 0.00597. The first-order chi connectivity index (χ1) is 7.99. The largest absolute Gasteiger partial charge is 0.481 e. The number of rotatable bonds is 4. The number of nitrogens with zero attached hydrogens (tertiary/aromatic N) is 1. The SMILES string of the molecule is CCC(C)N(C)C(=O)[C@@H]1CCCC[C@@H]1C(=O)O. The molecule has 0 aromatic rings. The van der Waals surface area contributed by atoms with Crippen molar-refractivity contribution in [3.63, 3.8) is 0 Å². The van der Waals surface area contributed by atoms with Gasteiger partial charge in [-0.15, -0.1) is 0 Å². The predicted molar refractivity (Wildman–Crippen MR) is 65.6 cm³/mol. The fourth-order valence-electron chi connectivity index (χ4n) is 2.47. The quantitative estimate of drug-likeness (QED) is 0.820. The van der Waals surface area contributed by atoms with Gasteiger partial charge in [0.25, 0.3) is 0 Å². The van der Waals surface area contributed by atoms with Gasteiger partial charge in [0.2, 0.25) is 5.91 Å². The molecule has 4 heteroatoms. The average molecular weight is 241 g/mol. The first kappa shape index (κ1) is 14.0. The zero-order valence-corrected chi connectivity index (χ0v) is 11.0. The molecule has 0 aromatic heterocycles. The maximum Gasteiger partial charge on any atom is 0.307 e. The van der Waals surface area contributed by atoms with Gasteiger partial charge in [-0.2, -0.15) is 0 Å². The molecule has 4 nitrogen and oxygen atoms in total. The summed E-state index contributed by atoms with van der Waals surface area (Å²) in [5.74, 6) is -1.62. The zero-order chi connectivity index (χ0) is 13.0. The van der Waals surface area contributed by atoms with Crippen LogP contribution in [-0.2, 0) is 9.59 Å². The summed E-state index contributed by atoms with van der Waals surface area (Å²) in [5, 5.41) is 9.16. The summed E-state index contributed by atoms with van der Waals surface area (Å²) in [6, 6.07) is 0.180. The molecule has 1 aliphatic carbocycles. The van der Waals surface area contributed by atoms with Gasteiger partial charge in [0.15, 0.2) is 0 Å². The van der Waals surface area contributed by atoms with Gasteiger partial charge in [-0.3, -0.25) is 9.59 Å². The Morgan fingerprint density at radius 2 is 1.82 bits per heavy atom. The molecular weight excluding hydrogens is 218 g/mol. The van der Waals surface area contributed by atoms with Crippen LogP contribution in [0.4, 0.5) is 0 Å². The molecule has 1 unspecified atom stereocenters. The highest BCUT2D eigenvalue weighted by Crippen LogP contribution is 2.32. The van der Waals surface area contributed by atoms with Crippen molar-refractivity contribution in [2.45, 2.75) is 52.0 Å². The smallest absolute Gasteiger partial charge is 0.307 e. The van der Waals surface area contributed by atoms with Crippen molar-refractivity contribution in [3.05, 3.63) is 0 Å². The van der Waals surface area contributed by atoms with Crippen molar-refractivity contribution < 1.29 is 14.7 Å². The van der Waals surface area contributed by atoms with E-state index in [0.717, 1.165) is 25.7 Å². The Kier molecular flexibility index (Phi) is 4.97. The average Bonchev–Trinajstić information content (AvgIpc) is 2.35. The lowest BCUT2D eigenvalue weighted by molar-refractivity contribution is -0.152. The lowest BCUT2D eigenvalue weighted by Gasteiger charge is -2.33. The van der Waals surface area contributed by atoms with Gasteiger partial charge < -0.3 is 10.0 Å². The van der Waals surface area contributed by atoms with Gasteiger partial charge in [0.1, 0.15) is 0 Å². The zero-order valence-electron chi connectivity index (χ0n) is 11.0. The van der Waals surface area contributed by atoms with E-state index in [1.807, 2.05) is 13.8 Å². The van der Waals surface area contributed by atoms with Crippen LogP contribution in [0.25, 0.3) is 0 Å². The Morgan fingerprint density at radius 1 is 1.29 bits per heavy atom. The van der Waals surface area contributed by atoms with Crippen LogP contribution in [0.15, 0.2) is 0 Å². The van der Waals surface area contributed by atoms with Crippen molar-refractivity contribution in [1.29, 1.82) is 0 Å². The van der Waals surface area contributed by atoms with E-state index in [2.05, 4.69) is 0 Å². The van der Waals surface area contributed by atoms with E-state index >= 15 is 0 Å². The van der Waals surface area contributed by atoms with Crippen LogP contribution < -0.4 is 0 Å². The van der Waals surface area contributed by atoms with E-state index in [4.69, 9.17) is 5.11 Å². The minimum atomic E-state index is -0.819. The summed E-state index contributed by atoms with van der Waals surface area (Å²) in [6.07, 6.45) is 4.14. The highest BCUT2D eigenvalue weighted by Gasteiger charge is 2.37. The third kappa shape index (κ3) is 3.20. The summed E-state index contributed by atoms with van der Waals surface area (Å²) in [4.78, 5) is 25.2. The number of amides is 1. The second-order valence-electron chi connectivity index (χ2n) is 5.04. The van der Waals surface area contributed by atoms with E-state index < -0.39 is 11.9 Å². The van der Waals surface area contributed by atoms with E-state index in [9.17, 15) is 9.59 Å². The Labute approximate surface area is 103 Å². The minimum Gasteiger partial charge on any atom is -0.481 e. The highest BCUT2D eigenvalue weighted by molar-refractivity contribution is 5.85. The van der Waals surface area contributed by atoms with E-state index in [1.165, 1.54) is 0 Å². The molecule has 98 valence electrons. The van der Waals surface area contributed by atoms with Crippen molar-refractivity contribution in [2.75, 3.05) is 7.05 Å². The molecule has 1 N–H and O–H groups in total. The summed E-state index contributed by atoms with van der Waals surface area (Å²) in [6.45, 7) is 4.03. The number of aliphatic carboxylic acids is 1. The van der Waals surface area contributed by atoms with E-state index in [0.29, 0.717) is 6.42 Å². The molecule has 0 radical (unpaired) electrons. The molecule has 17 heavy (non-hydrogen) atoms. The Hall–Kier alpha value is -1.06. The lowest BCUT2D eigenvalue weighted by atomic mass is 9.78. The Bertz CT molecular complexity index is 290. The van der Waals surface area contributed by atoms with Crippen LogP contribution in [0.3, 0.4) is 0 Å². The van der Waals surface area contributed by atoms with Crippen molar-refractivity contribution in [2.24, 2.45) is 11.8 Å². The third-order valence-corrected chi connectivity index (χ3v) is 4.00. The van der Waals surface area contributed by atoms with Crippen molar-refractivity contribution in [3.8, 4) is 0 Å². The van der Waals surface area contributed by atoms with Crippen LogP contribution in [0.2, 0.25) is 0 Å². The normalized spacial score (nSPS) is 26.3. The molecule has 1 saturated carbocycles. The van der Waals surface area contributed by atoms with Crippen LogP contribution in [0, 0.1) is 11.8 Å². The Balaban J connectivity index is 2.74. The monoisotopic (exact) mass is 241 g/mol. The molecule has 0 bridgehead atoms. The molecule has 1 rings (SSSR count). The molecule has 0 heterocycles. The number of carboxylic acid groups (broad SMARTS) is 1.